The van der Waals surface area contributed by atoms with E-state index in [-0.39, 0.29) is 6.61 Å². The van der Waals surface area contributed by atoms with Crippen molar-refractivity contribution in [3.05, 3.63) is 29.5 Å². The molecule has 0 atom stereocenters. The summed E-state index contributed by atoms with van der Waals surface area (Å²) in [6.45, 7) is 0.728. The standard InChI is InChI=1S/C10H15N3O/c1-12-4-2-3-8-5-9(7-14)10(11)13-6-8/h2-3,5-6,12,14H,4,7H2,1H3,(H2,11,13). The topological polar surface area (TPSA) is 71.2 Å². The normalized spacial score (nSPS) is 11.0. The number of aromatic nitrogens is 1. The molecule has 0 unspecified atom stereocenters. The minimum Gasteiger partial charge on any atom is -0.392 e. The van der Waals surface area contributed by atoms with Crippen molar-refractivity contribution in [2.45, 2.75) is 6.61 Å². The van der Waals surface area contributed by atoms with E-state index < -0.39 is 0 Å². The molecule has 0 aliphatic carbocycles. The highest BCUT2D eigenvalue weighted by molar-refractivity contribution is 5.53. The summed E-state index contributed by atoms with van der Waals surface area (Å²) in [7, 11) is 1.88. The Hall–Kier alpha value is -1.39. The summed E-state index contributed by atoms with van der Waals surface area (Å²) in [6, 6.07) is 1.83. The molecule has 14 heavy (non-hydrogen) atoms. The summed E-state index contributed by atoms with van der Waals surface area (Å²) in [5, 5.41) is 12.0. The Balaban J connectivity index is 2.79. The molecule has 0 saturated heterocycles. The number of anilines is 1. The van der Waals surface area contributed by atoms with Gasteiger partial charge in [0.15, 0.2) is 0 Å². The molecule has 0 bridgehead atoms. The summed E-state index contributed by atoms with van der Waals surface area (Å²) in [6.07, 6.45) is 5.59. The Labute approximate surface area is 83.5 Å². The molecule has 76 valence electrons. The van der Waals surface area contributed by atoms with Crippen molar-refractivity contribution >= 4 is 11.9 Å². The zero-order valence-corrected chi connectivity index (χ0v) is 8.20. The van der Waals surface area contributed by atoms with Crippen LogP contribution in [0.25, 0.3) is 6.08 Å². The highest BCUT2D eigenvalue weighted by atomic mass is 16.3. The third kappa shape index (κ3) is 2.83. The largest absolute Gasteiger partial charge is 0.392 e. The molecule has 4 nitrogen and oxygen atoms in total. The molecule has 0 aliphatic heterocycles. The Morgan fingerprint density at radius 1 is 1.64 bits per heavy atom. The first-order valence-corrected chi connectivity index (χ1v) is 4.44. The van der Waals surface area contributed by atoms with Gasteiger partial charge < -0.3 is 16.2 Å². The van der Waals surface area contributed by atoms with Crippen molar-refractivity contribution in [1.82, 2.24) is 10.3 Å². The first-order chi connectivity index (χ1) is 6.77. The van der Waals surface area contributed by atoms with Crippen molar-refractivity contribution in [2.24, 2.45) is 0 Å². The molecule has 0 fully saturated rings. The van der Waals surface area contributed by atoms with Gasteiger partial charge in [-0.2, -0.15) is 0 Å². The van der Waals surface area contributed by atoms with Crippen LogP contribution < -0.4 is 11.1 Å². The lowest BCUT2D eigenvalue weighted by atomic mass is 10.2. The average Bonchev–Trinajstić information content (AvgIpc) is 2.21. The minimum absolute atomic E-state index is 0.0768. The van der Waals surface area contributed by atoms with Crippen LogP contribution >= 0.6 is 0 Å². The molecule has 0 spiro atoms. The van der Waals surface area contributed by atoms with Crippen LogP contribution in [0.2, 0.25) is 0 Å². The number of nitrogen functional groups attached to an aromatic ring is 1. The molecule has 4 heteroatoms. The molecular weight excluding hydrogens is 178 g/mol. The molecule has 1 aromatic heterocycles. The maximum atomic E-state index is 8.96. The van der Waals surface area contributed by atoms with E-state index in [9.17, 15) is 0 Å². The molecule has 1 aromatic rings. The van der Waals surface area contributed by atoms with Crippen molar-refractivity contribution in [3.63, 3.8) is 0 Å². The molecular formula is C10H15N3O. The fourth-order valence-corrected chi connectivity index (χ4v) is 1.07. The van der Waals surface area contributed by atoms with Crippen LogP contribution in [0.5, 0.6) is 0 Å². The Bertz CT molecular complexity index is 323. The second-order valence-corrected chi connectivity index (χ2v) is 2.93. The average molecular weight is 193 g/mol. The highest BCUT2D eigenvalue weighted by Gasteiger charge is 1.98. The predicted molar refractivity (Wildman–Crippen MR) is 57.5 cm³/mol. The number of pyridine rings is 1. The van der Waals surface area contributed by atoms with E-state index in [1.807, 2.05) is 25.3 Å². The smallest absolute Gasteiger partial charge is 0.128 e. The quantitative estimate of drug-likeness (QED) is 0.647. The van der Waals surface area contributed by atoms with Crippen LogP contribution in [-0.4, -0.2) is 23.7 Å². The molecule has 4 N–H and O–H groups in total. The van der Waals surface area contributed by atoms with Gasteiger partial charge in [-0.1, -0.05) is 12.2 Å². The number of rotatable bonds is 4. The zero-order chi connectivity index (χ0) is 10.4. The molecule has 1 rings (SSSR count). The van der Waals surface area contributed by atoms with Gasteiger partial charge in [0.25, 0.3) is 0 Å². The maximum absolute atomic E-state index is 8.96. The lowest BCUT2D eigenvalue weighted by molar-refractivity contribution is 0.282. The van der Waals surface area contributed by atoms with Crippen LogP contribution in [-0.2, 0) is 6.61 Å². The van der Waals surface area contributed by atoms with E-state index in [1.165, 1.54) is 0 Å². The van der Waals surface area contributed by atoms with Gasteiger partial charge in [-0.05, 0) is 18.7 Å². The molecule has 0 saturated carbocycles. The van der Waals surface area contributed by atoms with Gasteiger partial charge in [0, 0.05) is 18.3 Å². The number of hydrogen-bond acceptors (Lipinski definition) is 4. The van der Waals surface area contributed by atoms with E-state index >= 15 is 0 Å². The number of nitrogens with zero attached hydrogens (tertiary/aromatic N) is 1. The third-order valence-electron chi connectivity index (χ3n) is 1.83. The Kier molecular flexibility index (Phi) is 4.10. The van der Waals surface area contributed by atoms with Crippen LogP contribution in [0.15, 0.2) is 18.3 Å². The first-order valence-electron chi connectivity index (χ1n) is 4.44. The lowest BCUT2D eigenvalue weighted by Gasteiger charge is -2.01. The number of likely N-dealkylation sites (N-methyl/N-ethyl adjacent to an activating group) is 1. The van der Waals surface area contributed by atoms with Gasteiger partial charge in [-0.3, -0.25) is 0 Å². The van der Waals surface area contributed by atoms with E-state index in [0.717, 1.165) is 12.1 Å². The number of aliphatic hydroxyl groups is 1. The summed E-state index contributed by atoms with van der Waals surface area (Å²) in [5.74, 6) is 0.387. The number of nitrogens with two attached hydrogens (primary N) is 1. The number of nitrogens with one attached hydrogen (secondary N) is 1. The van der Waals surface area contributed by atoms with Gasteiger partial charge in [-0.25, -0.2) is 4.98 Å². The van der Waals surface area contributed by atoms with Crippen LogP contribution in [0.1, 0.15) is 11.1 Å². The van der Waals surface area contributed by atoms with Crippen LogP contribution in [0, 0.1) is 0 Å². The van der Waals surface area contributed by atoms with Gasteiger partial charge in [0.2, 0.25) is 0 Å². The fourth-order valence-electron chi connectivity index (χ4n) is 1.07. The third-order valence-corrected chi connectivity index (χ3v) is 1.83. The van der Waals surface area contributed by atoms with Crippen LogP contribution in [0.3, 0.4) is 0 Å². The van der Waals surface area contributed by atoms with Crippen molar-refractivity contribution < 1.29 is 5.11 Å². The molecule has 0 amide bonds. The minimum atomic E-state index is -0.0768. The Morgan fingerprint density at radius 2 is 2.43 bits per heavy atom. The molecule has 0 aliphatic rings. The van der Waals surface area contributed by atoms with Crippen molar-refractivity contribution in [2.75, 3.05) is 19.3 Å². The predicted octanol–water partition coefficient (Wildman–Crippen LogP) is 0.389. The summed E-state index contributed by atoms with van der Waals surface area (Å²) in [4.78, 5) is 3.97. The Morgan fingerprint density at radius 3 is 3.07 bits per heavy atom. The second-order valence-electron chi connectivity index (χ2n) is 2.93. The maximum Gasteiger partial charge on any atom is 0.128 e. The zero-order valence-electron chi connectivity index (χ0n) is 8.20. The second kappa shape index (κ2) is 5.36. The van der Waals surface area contributed by atoms with Crippen molar-refractivity contribution in [3.8, 4) is 0 Å². The summed E-state index contributed by atoms with van der Waals surface area (Å²) >= 11 is 0. The first kappa shape index (κ1) is 10.7. The highest BCUT2D eigenvalue weighted by Crippen LogP contribution is 2.11. The molecule has 0 aromatic carbocycles. The van der Waals surface area contributed by atoms with E-state index in [1.54, 1.807) is 6.20 Å². The summed E-state index contributed by atoms with van der Waals surface area (Å²) < 4.78 is 0. The number of aliphatic hydroxyl groups excluding tert-OH is 1. The lowest BCUT2D eigenvalue weighted by Crippen LogP contribution is -2.03. The summed E-state index contributed by atoms with van der Waals surface area (Å²) in [5.41, 5.74) is 7.15. The van der Waals surface area contributed by atoms with Gasteiger partial charge >= 0.3 is 0 Å². The molecule has 1 heterocycles. The van der Waals surface area contributed by atoms with E-state index in [0.29, 0.717) is 11.4 Å². The van der Waals surface area contributed by atoms with Crippen molar-refractivity contribution in [1.29, 1.82) is 0 Å². The van der Waals surface area contributed by atoms with E-state index in [2.05, 4.69) is 10.3 Å². The van der Waals surface area contributed by atoms with Gasteiger partial charge in [0.1, 0.15) is 5.82 Å². The monoisotopic (exact) mass is 193 g/mol. The number of hydrogen-bond donors (Lipinski definition) is 3. The van der Waals surface area contributed by atoms with Crippen LogP contribution in [0.4, 0.5) is 5.82 Å². The van der Waals surface area contributed by atoms with Gasteiger partial charge in [0.05, 0.1) is 6.61 Å². The van der Waals surface area contributed by atoms with Gasteiger partial charge in [-0.15, -0.1) is 0 Å². The SMILES string of the molecule is CNCC=Cc1cnc(N)c(CO)c1. The fraction of sp³-hybridized carbons (Fsp3) is 0.300. The molecule has 0 radical (unpaired) electrons. The van der Waals surface area contributed by atoms with E-state index in [4.69, 9.17) is 10.8 Å².